The fraction of sp³-hybridized carbons (Fsp3) is 0.667. The minimum atomic E-state index is -0.141. The number of nitrogens with zero attached hydrogens (tertiary/aromatic N) is 1. The van der Waals surface area contributed by atoms with Gasteiger partial charge in [0.1, 0.15) is 0 Å². The summed E-state index contributed by atoms with van der Waals surface area (Å²) in [7, 11) is 0. The first-order valence-corrected chi connectivity index (χ1v) is 5.57. The van der Waals surface area contributed by atoms with Gasteiger partial charge in [0, 0.05) is 18.2 Å². The van der Waals surface area contributed by atoms with E-state index in [0.717, 1.165) is 6.42 Å². The Morgan fingerprint density at radius 3 is 2.00 bits per heavy atom. The molecule has 2 rings (SSSR count). The van der Waals surface area contributed by atoms with Crippen LogP contribution >= 0.6 is 0 Å². The fourth-order valence-corrected chi connectivity index (χ4v) is 2.76. The lowest BCUT2D eigenvalue weighted by molar-refractivity contribution is -0.140. The number of hydrogen-bond acceptors (Lipinski definition) is 2. The summed E-state index contributed by atoms with van der Waals surface area (Å²) in [6.45, 7) is 6.53. The number of hydrogen-bond donors (Lipinski definition) is 0. The normalized spacial score (nSPS) is 40.6. The van der Waals surface area contributed by atoms with Crippen molar-refractivity contribution in [2.24, 2.45) is 17.8 Å². The predicted molar refractivity (Wildman–Crippen MR) is 56.9 cm³/mol. The van der Waals surface area contributed by atoms with Crippen molar-refractivity contribution in [1.82, 2.24) is 4.90 Å². The topological polar surface area (TPSA) is 37.4 Å². The van der Waals surface area contributed by atoms with Gasteiger partial charge in [-0.3, -0.25) is 14.5 Å². The lowest BCUT2D eigenvalue weighted by Crippen LogP contribution is -2.42. The maximum atomic E-state index is 11.5. The second-order valence-corrected chi connectivity index (χ2v) is 4.88. The minimum absolute atomic E-state index is 0.102. The number of imide groups is 1. The van der Waals surface area contributed by atoms with E-state index in [1.165, 1.54) is 17.1 Å². The minimum Gasteiger partial charge on any atom is -0.272 e. The molecule has 1 fully saturated rings. The standard InChI is InChI=1S/C12H17NO2/c1-7-6-10(9(3)8(7)2)13-11(14)4-5-12(13)15/h4-5,7-10H,6H2,1-3H3/t7-,8-,9-,10-/m0/s1. The third-order valence-corrected chi connectivity index (χ3v) is 4.12. The number of amides is 2. The van der Waals surface area contributed by atoms with Crippen LogP contribution in [0.15, 0.2) is 12.2 Å². The number of rotatable bonds is 1. The van der Waals surface area contributed by atoms with Crippen LogP contribution in [-0.2, 0) is 9.59 Å². The summed E-state index contributed by atoms with van der Waals surface area (Å²) in [6, 6.07) is 0.102. The summed E-state index contributed by atoms with van der Waals surface area (Å²) in [6.07, 6.45) is 3.70. The predicted octanol–water partition coefficient (Wildman–Crippen LogP) is 1.59. The first-order valence-electron chi connectivity index (χ1n) is 5.57. The van der Waals surface area contributed by atoms with Crippen molar-refractivity contribution in [1.29, 1.82) is 0 Å². The molecular weight excluding hydrogens is 190 g/mol. The zero-order valence-electron chi connectivity index (χ0n) is 9.43. The molecule has 0 spiro atoms. The third-order valence-electron chi connectivity index (χ3n) is 4.12. The Hall–Kier alpha value is -1.12. The van der Waals surface area contributed by atoms with E-state index in [0.29, 0.717) is 17.8 Å². The van der Waals surface area contributed by atoms with Crippen LogP contribution in [-0.4, -0.2) is 22.8 Å². The van der Waals surface area contributed by atoms with Gasteiger partial charge >= 0.3 is 0 Å². The molecule has 82 valence electrons. The largest absolute Gasteiger partial charge is 0.272 e. The molecule has 2 amide bonds. The van der Waals surface area contributed by atoms with Gasteiger partial charge in [0.15, 0.2) is 0 Å². The molecule has 3 nitrogen and oxygen atoms in total. The molecule has 0 aromatic rings. The van der Waals surface area contributed by atoms with Crippen LogP contribution in [0.25, 0.3) is 0 Å². The van der Waals surface area contributed by atoms with Crippen LogP contribution < -0.4 is 0 Å². The van der Waals surface area contributed by atoms with Crippen molar-refractivity contribution >= 4 is 11.8 Å². The average Bonchev–Trinajstić information content (AvgIpc) is 2.63. The lowest BCUT2D eigenvalue weighted by Gasteiger charge is -2.26. The van der Waals surface area contributed by atoms with Gasteiger partial charge in [-0.2, -0.15) is 0 Å². The molecular formula is C12H17NO2. The zero-order valence-corrected chi connectivity index (χ0v) is 9.43. The smallest absolute Gasteiger partial charge is 0.253 e. The molecule has 15 heavy (non-hydrogen) atoms. The summed E-state index contributed by atoms with van der Waals surface area (Å²) >= 11 is 0. The molecule has 3 heteroatoms. The first-order chi connectivity index (χ1) is 7.02. The Morgan fingerprint density at radius 1 is 1.07 bits per heavy atom. The monoisotopic (exact) mass is 207 g/mol. The molecule has 1 heterocycles. The SMILES string of the molecule is C[C@@H]1[C@H](C)[C@@H](N2C(=O)C=CC2=O)C[C@@H]1C. The van der Waals surface area contributed by atoms with Gasteiger partial charge in [-0.1, -0.05) is 20.8 Å². The van der Waals surface area contributed by atoms with Crippen molar-refractivity contribution < 1.29 is 9.59 Å². The van der Waals surface area contributed by atoms with Crippen LogP contribution in [0, 0.1) is 17.8 Å². The molecule has 1 saturated carbocycles. The van der Waals surface area contributed by atoms with Crippen molar-refractivity contribution in [2.45, 2.75) is 33.2 Å². The molecule has 0 saturated heterocycles. The van der Waals surface area contributed by atoms with Gasteiger partial charge in [-0.05, 0) is 24.2 Å². The summed E-state index contributed by atoms with van der Waals surface area (Å²) < 4.78 is 0. The van der Waals surface area contributed by atoms with Gasteiger partial charge < -0.3 is 0 Å². The summed E-state index contributed by atoms with van der Waals surface area (Å²) in [5.74, 6) is 1.30. The number of carbonyl (C=O) groups excluding carboxylic acids is 2. The highest BCUT2D eigenvalue weighted by Crippen LogP contribution is 2.39. The summed E-state index contributed by atoms with van der Waals surface area (Å²) in [4.78, 5) is 24.5. The molecule has 0 unspecified atom stereocenters. The van der Waals surface area contributed by atoms with E-state index in [2.05, 4.69) is 20.8 Å². The highest BCUT2D eigenvalue weighted by atomic mass is 16.2. The Kier molecular flexibility index (Phi) is 2.41. The zero-order chi connectivity index (χ0) is 11.2. The lowest BCUT2D eigenvalue weighted by atomic mass is 9.93. The van der Waals surface area contributed by atoms with E-state index in [-0.39, 0.29) is 17.9 Å². The first kappa shape index (κ1) is 10.4. The third kappa shape index (κ3) is 1.50. The van der Waals surface area contributed by atoms with Crippen LogP contribution in [0.3, 0.4) is 0 Å². The Morgan fingerprint density at radius 2 is 1.60 bits per heavy atom. The molecule has 0 aromatic heterocycles. The maximum absolute atomic E-state index is 11.5. The van der Waals surface area contributed by atoms with Gasteiger partial charge in [-0.25, -0.2) is 0 Å². The van der Waals surface area contributed by atoms with Gasteiger partial charge in [0.05, 0.1) is 0 Å². The van der Waals surface area contributed by atoms with E-state index in [4.69, 9.17) is 0 Å². The highest BCUT2D eigenvalue weighted by molar-refractivity contribution is 6.13. The van der Waals surface area contributed by atoms with E-state index >= 15 is 0 Å². The van der Waals surface area contributed by atoms with E-state index < -0.39 is 0 Å². The number of carbonyl (C=O) groups is 2. The molecule has 2 aliphatic rings. The van der Waals surface area contributed by atoms with E-state index in [1.54, 1.807) is 0 Å². The Balaban J connectivity index is 2.19. The van der Waals surface area contributed by atoms with Gasteiger partial charge in [0.2, 0.25) is 0 Å². The Bertz CT molecular complexity index is 317. The fourth-order valence-electron chi connectivity index (χ4n) is 2.76. The van der Waals surface area contributed by atoms with Crippen molar-refractivity contribution in [3.05, 3.63) is 12.2 Å². The Labute approximate surface area is 90.1 Å². The van der Waals surface area contributed by atoms with Crippen molar-refractivity contribution in [3.8, 4) is 0 Å². The molecule has 0 aromatic carbocycles. The second kappa shape index (κ2) is 3.47. The van der Waals surface area contributed by atoms with Crippen LogP contribution in [0.2, 0.25) is 0 Å². The van der Waals surface area contributed by atoms with E-state index in [1.807, 2.05) is 0 Å². The molecule has 0 bridgehead atoms. The van der Waals surface area contributed by atoms with Crippen molar-refractivity contribution in [2.75, 3.05) is 0 Å². The molecule has 0 N–H and O–H groups in total. The molecule has 1 aliphatic heterocycles. The maximum Gasteiger partial charge on any atom is 0.253 e. The molecule has 4 atom stereocenters. The van der Waals surface area contributed by atoms with Crippen molar-refractivity contribution in [3.63, 3.8) is 0 Å². The van der Waals surface area contributed by atoms with E-state index in [9.17, 15) is 9.59 Å². The van der Waals surface area contributed by atoms with Gasteiger partial charge in [0.25, 0.3) is 11.8 Å². The second-order valence-electron chi connectivity index (χ2n) is 4.88. The quantitative estimate of drug-likeness (QED) is 0.612. The van der Waals surface area contributed by atoms with Crippen LogP contribution in [0.1, 0.15) is 27.2 Å². The highest BCUT2D eigenvalue weighted by Gasteiger charge is 2.43. The summed E-state index contributed by atoms with van der Waals surface area (Å²) in [5.41, 5.74) is 0. The van der Waals surface area contributed by atoms with Gasteiger partial charge in [-0.15, -0.1) is 0 Å². The molecule has 1 aliphatic carbocycles. The average molecular weight is 207 g/mol. The molecule has 0 radical (unpaired) electrons. The van der Waals surface area contributed by atoms with Crippen LogP contribution in [0.5, 0.6) is 0 Å². The summed E-state index contributed by atoms with van der Waals surface area (Å²) in [5, 5.41) is 0. The van der Waals surface area contributed by atoms with Crippen LogP contribution in [0.4, 0.5) is 0 Å².